The monoisotopic (exact) mass is 232 g/mol. The number of aliphatic hydroxyl groups is 1. The normalized spacial score (nSPS) is 26.8. The van der Waals surface area contributed by atoms with Gasteiger partial charge in [0.05, 0.1) is 0 Å². The van der Waals surface area contributed by atoms with Crippen molar-refractivity contribution in [2.75, 3.05) is 11.5 Å². The molecule has 1 aliphatic heterocycles. The number of rotatable bonds is 1. The first-order valence-electron chi connectivity index (χ1n) is 4.37. The Morgan fingerprint density at radius 3 is 2.86 bits per heavy atom. The number of thioether (sulfide) groups is 1. The first kappa shape index (κ1) is 10.3. The first-order chi connectivity index (χ1) is 6.62. The molecular weight excluding hydrogens is 223 g/mol. The highest BCUT2D eigenvalue weighted by Gasteiger charge is 2.35. The maximum atomic E-state index is 13.5. The minimum absolute atomic E-state index is 0.362. The quantitative estimate of drug-likeness (QED) is 0.804. The molecular formula is C10H10ClFOS. The van der Waals surface area contributed by atoms with Gasteiger partial charge in [-0.05, 0) is 24.3 Å². The lowest BCUT2D eigenvalue weighted by molar-refractivity contribution is 0.0619. The van der Waals surface area contributed by atoms with E-state index in [-0.39, 0.29) is 0 Å². The second-order valence-electron chi connectivity index (χ2n) is 3.46. The average Bonchev–Trinajstić information content (AvgIpc) is 2.52. The van der Waals surface area contributed by atoms with Crippen molar-refractivity contribution in [2.45, 2.75) is 12.0 Å². The van der Waals surface area contributed by atoms with Crippen LogP contribution in [0, 0.1) is 5.82 Å². The van der Waals surface area contributed by atoms with E-state index in [1.807, 2.05) is 0 Å². The standard InChI is InChI=1S/C10H10ClFOS/c11-7-1-2-8(9(12)5-7)10(13)3-4-14-6-10/h1-2,5,13H,3-4,6H2. The highest BCUT2D eigenvalue weighted by Crippen LogP contribution is 2.38. The summed E-state index contributed by atoms with van der Waals surface area (Å²) in [5.74, 6) is 1.02. The molecule has 1 aromatic rings. The van der Waals surface area contributed by atoms with E-state index in [1.165, 1.54) is 6.07 Å². The Morgan fingerprint density at radius 1 is 1.50 bits per heavy atom. The Hall–Kier alpha value is -0.250. The SMILES string of the molecule is OC1(c2ccc(Cl)cc2F)CCSC1. The lowest BCUT2D eigenvalue weighted by atomic mass is 9.93. The molecule has 1 heterocycles. The summed E-state index contributed by atoms with van der Waals surface area (Å²) < 4.78 is 13.5. The van der Waals surface area contributed by atoms with E-state index >= 15 is 0 Å². The lowest BCUT2D eigenvalue weighted by Gasteiger charge is -2.22. The molecule has 1 aliphatic rings. The first-order valence-corrected chi connectivity index (χ1v) is 5.91. The molecule has 1 fully saturated rings. The van der Waals surface area contributed by atoms with Crippen molar-refractivity contribution in [3.8, 4) is 0 Å². The zero-order valence-corrected chi connectivity index (χ0v) is 9.04. The Balaban J connectivity index is 2.40. The summed E-state index contributed by atoms with van der Waals surface area (Å²) in [6.07, 6.45) is 0.607. The molecule has 0 spiro atoms. The number of hydrogen-bond donors (Lipinski definition) is 1. The Kier molecular flexibility index (Phi) is 2.73. The minimum atomic E-state index is -1.00. The number of halogens is 2. The molecule has 1 nitrogen and oxygen atoms in total. The molecule has 0 saturated carbocycles. The smallest absolute Gasteiger partial charge is 0.130 e. The topological polar surface area (TPSA) is 20.2 Å². The Bertz CT molecular complexity index is 350. The molecule has 0 amide bonds. The van der Waals surface area contributed by atoms with Gasteiger partial charge in [0.1, 0.15) is 11.4 Å². The van der Waals surface area contributed by atoms with Gasteiger partial charge in [0, 0.05) is 16.3 Å². The molecule has 1 unspecified atom stereocenters. The minimum Gasteiger partial charge on any atom is -0.384 e. The van der Waals surface area contributed by atoms with Crippen molar-refractivity contribution in [1.29, 1.82) is 0 Å². The highest BCUT2D eigenvalue weighted by molar-refractivity contribution is 7.99. The Labute approximate surface area is 91.3 Å². The van der Waals surface area contributed by atoms with Gasteiger partial charge in [-0.2, -0.15) is 11.8 Å². The molecule has 0 radical (unpaired) electrons. The summed E-state index contributed by atoms with van der Waals surface area (Å²) in [5.41, 5.74) is -0.633. The van der Waals surface area contributed by atoms with Crippen LogP contribution < -0.4 is 0 Å². The Morgan fingerprint density at radius 2 is 2.29 bits per heavy atom. The third-order valence-electron chi connectivity index (χ3n) is 2.43. The van der Waals surface area contributed by atoms with Crippen molar-refractivity contribution < 1.29 is 9.50 Å². The fourth-order valence-electron chi connectivity index (χ4n) is 1.63. The zero-order chi connectivity index (χ0) is 10.2. The average molecular weight is 233 g/mol. The second-order valence-corrected chi connectivity index (χ2v) is 5.00. The van der Waals surface area contributed by atoms with E-state index in [0.29, 0.717) is 22.8 Å². The summed E-state index contributed by atoms with van der Waals surface area (Å²) in [7, 11) is 0. The van der Waals surface area contributed by atoms with Crippen molar-refractivity contribution >= 4 is 23.4 Å². The molecule has 1 saturated heterocycles. The van der Waals surface area contributed by atoms with Gasteiger partial charge in [0.2, 0.25) is 0 Å². The summed E-state index contributed by atoms with van der Waals surface area (Å²) in [6, 6.07) is 4.43. The predicted octanol–water partition coefficient (Wildman–Crippen LogP) is 2.80. The van der Waals surface area contributed by atoms with E-state index in [4.69, 9.17) is 11.6 Å². The molecule has 76 valence electrons. The molecule has 14 heavy (non-hydrogen) atoms. The second kappa shape index (κ2) is 3.72. The summed E-state index contributed by atoms with van der Waals surface area (Å²) >= 11 is 7.28. The fourth-order valence-corrected chi connectivity index (χ4v) is 3.06. The molecule has 1 aromatic carbocycles. The van der Waals surface area contributed by atoms with Crippen LogP contribution in [0.15, 0.2) is 18.2 Å². The molecule has 2 rings (SSSR count). The zero-order valence-electron chi connectivity index (χ0n) is 7.46. The predicted molar refractivity (Wildman–Crippen MR) is 57.2 cm³/mol. The van der Waals surface area contributed by atoms with Crippen molar-refractivity contribution in [1.82, 2.24) is 0 Å². The summed E-state index contributed by atoms with van der Waals surface area (Å²) in [4.78, 5) is 0. The molecule has 0 bridgehead atoms. The van der Waals surface area contributed by atoms with E-state index in [1.54, 1.807) is 23.9 Å². The van der Waals surface area contributed by atoms with Gasteiger partial charge in [0.15, 0.2) is 0 Å². The molecule has 1 atom stereocenters. The van der Waals surface area contributed by atoms with E-state index < -0.39 is 11.4 Å². The summed E-state index contributed by atoms with van der Waals surface area (Å²) in [5, 5.41) is 10.5. The molecule has 0 aliphatic carbocycles. The van der Waals surface area contributed by atoms with Gasteiger partial charge in [-0.25, -0.2) is 4.39 Å². The van der Waals surface area contributed by atoms with Crippen molar-refractivity contribution in [2.24, 2.45) is 0 Å². The van der Waals surface area contributed by atoms with Crippen LogP contribution in [-0.2, 0) is 5.60 Å². The number of hydrogen-bond acceptors (Lipinski definition) is 2. The van der Waals surface area contributed by atoms with Crippen LogP contribution in [0.5, 0.6) is 0 Å². The van der Waals surface area contributed by atoms with E-state index in [9.17, 15) is 9.50 Å². The maximum Gasteiger partial charge on any atom is 0.130 e. The van der Waals surface area contributed by atoms with Crippen LogP contribution in [0.4, 0.5) is 4.39 Å². The van der Waals surface area contributed by atoms with E-state index in [2.05, 4.69) is 0 Å². The lowest BCUT2D eigenvalue weighted by Crippen LogP contribution is -2.26. The van der Waals surface area contributed by atoms with Gasteiger partial charge in [0.25, 0.3) is 0 Å². The molecule has 0 aromatic heterocycles. The van der Waals surface area contributed by atoms with Crippen LogP contribution in [0.2, 0.25) is 5.02 Å². The number of benzene rings is 1. The summed E-state index contributed by atoms with van der Waals surface area (Å²) in [6.45, 7) is 0. The van der Waals surface area contributed by atoms with Gasteiger partial charge < -0.3 is 5.11 Å². The van der Waals surface area contributed by atoms with E-state index in [0.717, 1.165) is 5.75 Å². The molecule has 1 N–H and O–H groups in total. The fraction of sp³-hybridized carbons (Fsp3) is 0.400. The van der Waals surface area contributed by atoms with Gasteiger partial charge in [-0.15, -0.1) is 0 Å². The van der Waals surface area contributed by atoms with Gasteiger partial charge >= 0.3 is 0 Å². The third kappa shape index (κ3) is 1.76. The highest BCUT2D eigenvalue weighted by atomic mass is 35.5. The maximum absolute atomic E-state index is 13.5. The van der Waals surface area contributed by atoms with Crippen molar-refractivity contribution in [3.63, 3.8) is 0 Å². The van der Waals surface area contributed by atoms with Gasteiger partial charge in [-0.1, -0.05) is 17.7 Å². The van der Waals surface area contributed by atoms with Crippen LogP contribution in [0.1, 0.15) is 12.0 Å². The largest absolute Gasteiger partial charge is 0.384 e. The van der Waals surface area contributed by atoms with Crippen molar-refractivity contribution in [3.05, 3.63) is 34.6 Å². The van der Waals surface area contributed by atoms with Crippen LogP contribution >= 0.6 is 23.4 Å². The van der Waals surface area contributed by atoms with Crippen LogP contribution in [-0.4, -0.2) is 16.6 Å². The van der Waals surface area contributed by atoms with Gasteiger partial charge in [-0.3, -0.25) is 0 Å². The van der Waals surface area contributed by atoms with Crippen LogP contribution in [0.3, 0.4) is 0 Å². The third-order valence-corrected chi connectivity index (χ3v) is 3.84. The van der Waals surface area contributed by atoms with Crippen LogP contribution in [0.25, 0.3) is 0 Å². The molecule has 4 heteroatoms.